The first-order chi connectivity index (χ1) is 16.8. The highest BCUT2D eigenvalue weighted by atomic mass is 32.1. The monoisotopic (exact) mass is 493 g/mol. The van der Waals surface area contributed by atoms with Gasteiger partial charge in [0, 0.05) is 11.7 Å². The van der Waals surface area contributed by atoms with Crippen LogP contribution in [-0.4, -0.2) is 30.3 Å². The lowest BCUT2D eigenvalue weighted by Gasteiger charge is -2.31. The topological polar surface area (TPSA) is 91.7 Å². The average molecular weight is 494 g/mol. The first-order valence-corrected chi connectivity index (χ1v) is 12.8. The molecule has 0 spiro atoms. The number of aryl methyl sites for hydroxylation is 3. The second kappa shape index (κ2) is 10.9. The lowest BCUT2D eigenvalue weighted by Crippen LogP contribution is -2.49. The van der Waals surface area contributed by atoms with E-state index in [1.165, 1.54) is 16.2 Å². The van der Waals surface area contributed by atoms with Crippen molar-refractivity contribution in [2.45, 2.75) is 58.5 Å². The second-order valence-corrected chi connectivity index (χ2v) is 9.98. The van der Waals surface area contributed by atoms with Gasteiger partial charge >= 0.3 is 0 Å². The summed E-state index contributed by atoms with van der Waals surface area (Å²) in [6, 6.07) is 11.7. The zero-order valence-corrected chi connectivity index (χ0v) is 21.1. The van der Waals surface area contributed by atoms with Crippen LogP contribution in [0, 0.1) is 20.8 Å². The molecule has 0 unspecified atom stereocenters. The van der Waals surface area contributed by atoms with Crippen molar-refractivity contribution in [2.75, 3.05) is 11.4 Å². The molecule has 8 heteroatoms. The van der Waals surface area contributed by atoms with Crippen molar-refractivity contribution < 1.29 is 18.8 Å². The summed E-state index contributed by atoms with van der Waals surface area (Å²) < 4.78 is 5.88. The van der Waals surface area contributed by atoms with Crippen LogP contribution in [-0.2, 0) is 9.59 Å². The fraction of sp³-hybridized carbons (Fsp3) is 0.370. The van der Waals surface area contributed by atoms with Gasteiger partial charge in [0.25, 0.3) is 11.8 Å². The Morgan fingerprint density at radius 3 is 2.46 bits per heavy atom. The molecule has 0 saturated heterocycles. The van der Waals surface area contributed by atoms with Crippen molar-refractivity contribution in [3.63, 3.8) is 0 Å². The van der Waals surface area contributed by atoms with E-state index < -0.39 is 11.9 Å². The number of amides is 3. The van der Waals surface area contributed by atoms with Crippen LogP contribution in [0.15, 0.2) is 52.3 Å². The average Bonchev–Trinajstić information content (AvgIpc) is 3.61. The van der Waals surface area contributed by atoms with E-state index in [-0.39, 0.29) is 24.4 Å². The minimum Gasteiger partial charge on any atom is -0.464 e. The zero-order chi connectivity index (χ0) is 24.9. The summed E-state index contributed by atoms with van der Waals surface area (Å²) >= 11 is 1.30. The number of carbonyl (C=O) groups is 3. The molecule has 3 aromatic rings. The molecule has 1 atom stereocenters. The summed E-state index contributed by atoms with van der Waals surface area (Å²) in [6.45, 7) is 5.51. The Labute approximate surface area is 209 Å². The molecule has 1 fully saturated rings. The van der Waals surface area contributed by atoms with E-state index in [0.29, 0.717) is 22.1 Å². The SMILES string of the molecule is Cc1ccc([C@@H](C(=O)NC2CCCC2)N(C(=O)CNC(=O)c2cccs2)c2ccc(C)c(C)c2)o1. The van der Waals surface area contributed by atoms with Crippen LogP contribution in [0.25, 0.3) is 0 Å². The van der Waals surface area contributed by atoms with Crippen molar-refractivity contribution in [1.82, 2.24) is 10.6 Å². The fourth-order valence-electron chi connectivity index (χ4n) is 4.37. The number of hydrogen-bond acceptors (Lipinski definition) is 5. The van der Waals surface area contributed by atoms with E-state index in [2.05, 4.69) is 10.6 Å². The van der Waals surface area contributed by atoms with Crippen LogP contribution in [0.5, 0.6) is 0 Å². The number of furan rings is 1. The van der Waals surface area contributed by atoms with Crippen LogP contribution in [0.4, 0.5) is 5.69 Å². The molecule has 7 nitrogen and oxygen atoms in total. The van der Waals surface area contributed by atoms with Crippen molar-refractivity contribution in [1.29, 1.82) is 0 Å². The largest absolute Gasteiger partial charge is 0.464 e. The highest BCUT2D eigenvalue weighted by Crippen LogP contribution is 2.31. The number of thiophene rings is 1. The van der Waals surface area contributed by atoms with E-state index in [4.69, 9.17) is 4.42 Å². The molecule has 0 bridgehead atoms. The molecule has 1 saturated carbocycles. The second-order valence-electron chi connectivity index (χ2n) is 9.03. The standard InChI is InChI=1S/C27H31N3O4S/c1-17-10-12-21(15-18(17)2)30(24(31)16-28-26(32)23-9-6-14-35-23)25(22-13-11-19(3)34-22)27(33)29-20-7-4-5-8-20/h6,9-15,20,25H,4-5,7-8,16H2,1-3H3,(H,28,32)(H,29,33)/t25-/m0/s1. The molecule has 4 rings (SSSR count). The van der Waals surface area contributed by atoms with Crippen LogP contribution in [0.1, 0.15) is 64.0 Å². The predicted octanol–water partition coefficient (Wildman–Crippen LogP) is 4.83. The van der Waals surface area contributed by atoms with Crippen LogP contribution >= 0.6 is 11.3 Å². The van der Waals surface area contributed by atoms with Gasteiger partial charge in [-0.25, -0.2) is 0 Å². The van der Waals surface area contributed by atoms with Gasteiger partial charge in [0.15, 0.2) is 6.04 Å². The molecule has 0 aliphatic heterocycles. The van der Waals surface area contributed by atoms with E-state index in [9.17, 15) is 14.4 Å². The van der Waals surface area contributed by atoms with Crippen LogP contribution < -0.4 is 15.5 Å². The molecule has 184 valence electrons. The Morgan fingerprint density at radius 2 is 1.83 bits per heavy atom. The van der Waals surface area contributed by atoms with Gasteiger partial charge in [0.2, 0.25) is 5.91 Å². The predicted molar refractivity (Wildman–Crippen MR) is 137 cm³/mol. The molecule has 2 N–H and O–H groups in total. The van der Waals surface area contributed by atoms with E-state index in [1.54, 1.807) is 36.6 Å². The number of carbonyl (C=O) groups excluding carboxylic acids is 3. The smallest absolute Gasteiger partial charge is 0.261 e. The van der Waals surface area contributed by atoms with E-state index >= 15 is 0 Å². The molecule has 2 heterocycles. The zero-order valence-electron chi connectivity index (χ0n) is 20.3. The Kier molecular flexibility index (Phi) is 7.70. The molecular formula is C27H31N3O4S. The van der Waals surface area contributed by atoms with Crippen molar-refractivity contribution in [3.05, 3.63) is 75.4 Å². The van der Waals surface area contributed by atoms with Crippen molar-refractivity contribution in [3.8, 4) is 0 Å². The summed E-state index contributed by atoms with van der Waals surface area (Å²) in [7, 11) is 0. The number of hydrogen-bond donors (Lipinski definition) is 2. The van der Waals surface area contributed by atoms with Gasteiger partial charge in [-0.1, -0.05) is 25.0 Å². The maximum atomic E-state index is 13.7. The molecule has 0 radical (unpaired) electrons. The summed E-state index contributed by atoms with van der Waals surface area (Å²) in [4.78, 5) is 41.8. The van der Waals surface area contributed by atoms with Gasteiger partial charge in [-0.3, -0.25) is 19.3 Å². The lowest BCUT2D eigenvalue weighted by atomic mass is 10.1. The maximum absolute atomic E-state index is 13.7. The number of anilines is 1. The third-order valence-electron chi connectivity index (χ3n) is 6.42. The van der Waals surface area contributed by atoms with E-state index in [0.717, 1.165) is 36.8 Å². The normalized spacial score (nSPS) is 14.5. The molecule has 35 heavy (non-hydrogen) atoms. The maximum Gasteiger partial charge on any atom is 0.261 e. The molecule has 1 aliphatic carbocycles. The highest BCUT2D eigenvalue weighted by molar-refractivity contribution is 7.12. The molecule has 1 aromatic carbocycles. The molecule has 1 aliphatic rings. The molecule has 3 amide bonds. The van der Waals surface area contributed by atoms with Gasteiger partial charge < -0.3 is 15.1 Å². The Morgan fingerprint density at radius 1 is 1.06 bits per heavy atom. The number of nitrogens with zero attached hydrogens (tertiary/aromatic N) is 1. The molecular weight excluding hydrogens is 462 g/mol. The highest BCUT2D eigenvalue weighted by Gasteiger charge is 2.36. The summed E-state index contributed by atoms with van der Waals surface area (Å²) in [5, 5.41) is 7.64. The lowest BCUT2D eigenvalue weighted by molar-refractivity contribution is -0.127. The number of benzene rings is 1. The van der Waals surface area contributed by atoms with Gasteiger partial charge in [0.1, 0.15) is 11.5 Å². The van der Waals surface area contributed by atoms with Gasteiger partial charge in [-0.05, 0) is 80.5 Å². The summed E-state index contributed by atoms with van der Waals surface area (Å²) in [6.07, 6.45) is 3.99. The summed E-state index contributed by atoms with van der Waals surface area (Å²) in [5.41, 5.74) is 2.64. The minimum atomic E-state index is -1.00. The van der Waals surface area contributed by atoms with Gasteiger partial charge in [-0.2, -0.15) is 0 Å². The third kappa shape index (κ3) is 5.82. The number of nitrogens with one attached hydrogen (secondary N) is 2. The van der Waals surface area contributed by atoms with Crippen molar-refractivity contribution in [2.24, 2.45) is 0 Å². The van der Waals surface area contributed by atoms with Crippen LogP contribution in [0.2, 0.25) is 0 Å². The minimum absolute atomic E-state index is 0.0799. The van der Waals surface area contributed by atoms with Gasteiger partial charge in [0.05, 0.1) is 11.4 Å². The quantitative estimate of drug-likeness (QED) is 0.470. The van der Waals surface area contributed by atoms with Crippen LogP contribution in [0.3, 0.4) is 0 Å². The third-order valence-corrected chi connectivity index (χ3v) is 7.29. The Bertz CT molecular complexity index is 1190. The number of rotatable bonds is 8. The molecule has 2 aromatic heterocycles. The Hall–Kier alpha value is -3.39. The fourth-order valence-corrected chi connectivity index (χ4v) is 5.01. The first-order valence-electron chi connectivity index (χ1n) is 11.9. The Balaban J connectivity index is 1.68. The van der Waals surface area contributed by atoms with Gasteiger partial charge in [-0.15, -0.1) is 11.3 Å². The summed E-state index contributed by atoms with van der Waals surface area (Å²) in [5.74, 6) is 0.0155. The first kappa shape index (κ1) is 24.7. The van der Waals surface area contributed by atoms with Crippen molar-refractivity contribution >= 4 is 34.7 Å². The van der Waals surface area contributed by atoms with E-state index in [1.807, 2.05) is 32.0 Å².